The molecule has 14 heavy (non-hydrogen) atoms. The molecule has 1 fully saturated rings. The molecule has 0 aromatic heterocycles. The van der Waals surface area contributed by atoms with E-state index in [0.717, 1.165) is 24.5 Å². The second-order valence-electron chi connectivity index (χ2n) is 3.53. The van der Waals surface area contributed by atoms with Gasteiger partial charge in [-0.3, -0.25) is 5.43 Å². The van der Waals surface area contributed by atoms with E-state index in [1.165, 1.54) is 6.42 Å². The van der Waals surface area contributed by atoms with Crippen LogP contribution in [0.4, 0.5) is 5.69 Å². The summed E-state index contributed by atoms with van der Waals surface area (Å²) >= 11 is 0. The van der Waals surface area contributed by atoms with Crippen LogP contribution in [0.3, 0.4) is 0 Å². The van der Waals surface area contributed by atoms with Crippen molar-refractivity contribution < 1.29 is 0 Å². The number of amidine groups is 1. The van der Waals surface area contributed by atoms with Crippen molar-refractivity contribution in [2.45, 2.75) is 12.8 Å². The first-order valence-corrected chi connectivity index (χ1v) is 4.95. The van der Waals surface area contributed by atoms with E-state index in [0.29, 0.717) is 0 Å². The van der Waals surface area contributed by atoms with Gasteiger partial charge in [0.2, 0.25) is 0 Å². The first-order valence-electron chi connectivity index (χ1n) is 4.95. The van der Waals surface area contributed by atoms with Gasteiger partial charge in [0.15, 0.2) is 0 Å². The van der Waals surface area contributed by atoms with Crippen LogP contribution in [0.1, 0.15) is 12.8 Å². The molecule has 2 rings (SSSR count). The molecule has 0 amide bonds. The molecule has 0 bridgehead atoms. The first-order chi connectivity index (χ1) is 6.86. The number of hydrogen-bond acceptors (Lipinski definition) is 2. The van der Waals surface area contributed by atoms with Crippen molar-refractivity contribution in [2.24, 2.45) is 5.10 Å². The molecular weight excluding hydrogens is 174 g/mol. The second kappa shape index (κ2) is 4.13. The summed E-state index contributed by atoms with van der Waals surface area (Å²) in [6.45, 7) is 1.12. The molecule has 1 aliphatic rings. The van der Waals surface area contributed by atoms with Gasteiger partial charge in [-0.1, -0.05) is 18.2 Å². The van der Waals surface area contributed by atoms with Gasteiger partial charge in [-0.05, 0) is 18.6 Å². The Hall–Kier alpha value is -1.51. The predicted molar refractivity (Wildman–Crippen MR) is 59.4 cm³/mol. The lowest BCUT2D eigenvalue weighted by Crippen LogP contribution is -2.20. The number of para-hydroxylation sites is 1. The van der Waals surface area contributed by atoms with Gasteiger partial charge in [0.05, 0.1) is 5.69 Å². The van der Waals surface area contributed by atoms with Crippen LogP contribution in [0.25, 0.3) is 0 Å². The Bertz CT molecular complexity index is 319. The Kier molecular flexibility index (Phi) is 2.68. The lowest BCUT2D eigenvalue weighted by molar-refractivity contribution is 0.549. The van der Waals surface area contributed by atoms with E-state index in [-0.39, 0.29) is 0 Å². The van der Waals surface area contributed by atoms with E-state index in [1.54, 1.807) is 0 Å². The smallest absolute Gasteiger partial charge is 0.125 e. The van der Waals surface area contributed by atoms with Gasteiger partial charge in [0, 0.05) is 20.0 Å². The van der Waals surface area contributed by atoms with E-state index in [1.807, 2.05) is 30.3 Å². The molecule has 1 saturated heterocycles. The summed E-state index contributed by atoms with van der Waals surface area (Å²) in [7, 11) is 2.08. The second-order valence-corrected chi connectivity index (χ2v) is 3.53. The number of hydrazone groups is 1. The van der Waals surface area contributed by atoms with Gasteiger partial charge in [-0.15, -0.1) is 0 Å². The zero-order chi connectivity index (χ0) is 9.80. The lowest BCUT2D eigenvalue weighted by atomic mass is 10.3. The molecule has 1 aromatic rings. The molecule has 0 radical (unpaired) electrons. The maximum absolute atomic E-state index is 4.37. The van der Waals surface area contributed by atoms with Gasteiger partial charge in [-0.2, -0.15) is 5.10 Å². The third kappa shape index (κ3) is 2.05. The van der Waals surface area contributed by atoms with E-state index in [2.05, 4.69) is 22.5 Å². The first kappa shape index (κ1) is 9.06. The minimum atomic E-state index is 1.04. The Morgan fingerprint density at radius 1 is 1.29 bits per heavy atom. The van der Waals surface area contributed by atoms with Crippen LogP contribution >= 0.6 is 0 Å². The van der Waals surface area contributed by atoms with Gasteiger partial charge < -0.3 is 4.90 Å². The summed E-state index contributed by atoms with van der Waals surface area (Å²) in [5.74, 6) is 1.15. The largest absolute Gasteiger partial charge is 0.362 e. The maximum atomic E-state index is 4.37. The minimum Gasteiger partial charge on any atom is -0.362 e. The fourth-order valence-electron chi connectivity index (χ4n) is 1.58. The van der Waals surface area contributed by atoms with Crippen LogP contribution in [-0.4, -0.2) is 24.3 Å². The molecule has 3 nitrogen and oxygen atoms in total. The monoisotopic (exact) mass is 189 g/mol. The third-order valence-corrected chi connectivity index (χ3v) is 2.42. The van der Waals surface area contributed by atoms with Gasteiger partial charge in [0.1, 0.15) is 5.84 Å². The van der Waals surface area contributed by atoms with E-state index >= 15 is 0 Å². The Labute approximate surface area is 84.4 Å². The molecule has 0 atom stereocenters. The molecular formula is C11H15N3. The number of anilines is 1. The summed E-state index contributed by atoms with van der Waals surface area (Å²) in [6.07, 6.45) is 2.29. The highest BCUT2D eigenvalue weighted by atomic mass is 15.4. The molecule has 0 aliphatic carbocycles. The summed E-state index contributed by atoms with van der Waals surface area (Å²) in [4.78, 5) is 2.19. The van der Waals surface area contributed by atoms with Crippen LogP contribution in [0.15, 0.2) is 35.4 Å². The topological polar surface area (TPSA) is 27.6 Å². The van der Waals surface area contributed by atoms with Crippen molar-refractivity contribution >= 4 is 11.5 Å². The maximum Gasteiger partial charge on any atom is 0.125 e. The van der Waals surface area contributed by atoms with Crippen molar-refractivity contribution in [3.63, 3.8) is 0 Å². The van der Waals surface area contributed by atoms with Gasteiger partial charge in [-0.25, -0.2) is 0 Å². The summed E-state index contributed by atoms with van der Waals surface area (Å²) in [5, 5.41) is 4.37. The zero-order valence-corrected chi connectivity index (χ0v) is 8.40. The molecule has 1 aromatic carbocycles. The Morgan fingerprint density at radius 3 is 2.71 bits per heavy atom. The van der Waals surface area contributed by atoms with Crippen LogP contribution in [0.2, 0.25) is 0 Å². The quantitative estimate of drug-likeness (QED) is 0.722. The number of nitrogens with zero attached hydrogens (tertiary/aromatic N) is 2. The average Bonchev–Trinajstić information content (AvgIpc) is 2.63. The van der Waals surface area contributed by atoms with Crippen molar-refractivity contribution in [3.05, 3.63) is 30.3 Å². The van der Waals surface area contributed by atoms with Crippen molar-refractivity contribution in [2.75, 3.05) is 19.0 Å². The SMILES string of the molecule is CN1CCC/C1=N\Nc1ccccc1. The highest BCUT2D eigenvalue weighted by Gasteiger charge is 2.13. The van der Waals surface area contributed by atoms with Crippen molar-refractivity contribution in [1.29, 1.82) is 0 Å². The van der Waals surface area contributed by atoms with E-state index < -0.39 is 0 Å². The highest BCUT2D eigenvalue weighted by molar-refractivity contribution is 5.84. The van der Waals surface area contributed by atoms with Crippen molar-refractivity contribution in [3.8, 4) is 0 Å². The molecule has 74 valence electrons. The number of nitrogens with one attached hydrogen (secondary N) is 1. The van der Waals surface area contributed by atoms with Crippen LogP contribution in [0, 0.1) is 0 Å². The van der Waals surface area contributed by atoms with Crippen LogP contribution in [0.5, 0.6) is 0 Å². The standard InChI is InChI=1S/C11H15N3/c1-14-9-5-8-11(14)13-12-10-6-3-2-4-7-10/h2-4,6-7,12H,5,8-9H2,1H3/b13-11+. The predicted octanol–water partition coefficient (Wildman–Crippen LogP) is 2.14. The molecule has 0 spiro atoms. The van der Waals surface area contributed by atoms with Gasteiger partial charge >= 0.3 is 0 Å². The summed E-state index contributed by atoms with van der Waals surface area (Å²) in [5.41, 5.74) is 4.11. The van der Waals surface area contributed by atoms with Gasteiger partial charge in [0.25, 0.3) is 0 Å². The third-order valence-electron chi connectivity index (χ3n) is 2.42. The Morgan fingerprint density at radius 2 is 2.07 bits per heavy atom. The fourth-order valence-corrected chi connectivity index (χ4v) is 1.58. The lowest BCUT2D eigenvalue weighted by Gasteiger charge is -2.11. The molecule has 1 aliphatic heterocycles. The van der Waals surface area contributed by atoms with Crippen LogP contribution in [-0.2, 0) is 0 Å². The molecule has 1 heterocycles. The average molecular weight is 189 g/mol. The number of hydrogen-bond donors (Lipinski definition) is 1. The normalized spacial score (nSPS) is 18.9. The molecule has 0 unspecified atom stereocenters. The van der Waals surface area contributed by atoms with Crippen molar-refractivity contribution in [1.82, 2.24) is 4.90 Å². The number of likely N-dealkylation sites (tertiary alicyclic amines) is 1. The zero-order valence-electron chi connectivity index (χ0n) is 8.40. The Balaban J connectivity index is 1.99. The summed E-state index contributed by atoms with van der Waals surface area (Å²) in [6, 6.07) is 10.0. The molecule has 0 saturated carbocycles. The molecule has 1 N–H and O–H groups in total. The van der Waals surface area contributed by atoms with E-state index in [4.69, 9.17) is 0 Å². The number of benzene rings is 1. The van der Waals surface area contributed by atoms with Crippen LogP contribution < -0.4 is 5.43 Å². The summed E-state index contributed by atoms with van der Waals surface area (Å²) < 4.78 is 0. The molecule has 3 heteroatoms. The highest BCUT2D eigenvalue weighted by Crippen LogP contribution is 2.10. The number of rotatable bonds is 2. The fraction of sp³-hybridized carbons (Fsp3) is 0.364. The minimum absolute atomic E-state index is 1.04. The van der Waals surface area contributed by atoms with E-state index in [9.17, 15) is 0 Å².